The molecule has 0 aliphatic rings. The number of benzene rings is 2. The van der Waals surface area contributed by atoms with E-state index in [0.29, 0.717) is 23.2 Å². The van der Waals surface area contributed by atoms with Crippen molar-refractivity contribution in [1.82, 2.24) is 0 Å². The van der Waals surface area contributed by atoms with Gasteiger partial charge in [-0.1, -0.05) is 0 Å². The molecule has 8 heteroatoms. The third kappa shape index (κ3) is 3.67. The number of carbonyl (C=O) groups is 2. The number of rotatable bonds is 7. The van der Waals surface area contributed by atoms with Crippen LogP contribution in [0.2, 0.25) is 0 Å². The number of carboxylic acids is 1. The van der Waals surface area contributed by atoms with Gasteiger partial charge in [-0.2, -0.15) is 0 Å². The monoisotopic (exact) mass is 331 g/mol. The topological polar surface area (TPSA) is 116 Å². The maximum atomic E-state index is 11.1. The summed E-state index contributed by atoms with van der Waals surface area (Å²) in [5.41, 5.74) is 0.263. The van der Waals surface area contributed by atoms with Crippen LogP contribution in [0.5, 0.6) is 11.5 Å². The maximum absolute atomic E-state index is 11.1. The Balaban J connectivity index is 2.30. The highest BCUT2D eigenvalue weighted by Crippen LogP contribution is 2.30. The third-order valence-electron chi connectivity index (χ3n) is 3.23. The molecule has 2 aromatic carbocycles. The zero-order valence-electron chi connectivity index (χ0n) is 12.6. The zero-order valence-corrected chi connectivity index (χ0v) is 12.6. The quantitative estimate of drug-likeness (QED) is 0.471. The molecule has 2 rings (SSSR count). The van der Waals surface area contributed by atoms with Gasteiger partial charge in [-0.3, -0.25) is 14.9 Å². The first-order chi connectivity index (χ1) is 11.5. The van der Waals surface area contributed by atoms with Gasteiger partial charge in [0.25, 0.3) is 0 Å². The Morgan fingerprint density at radius 3 is 2.54 bits per heavy atom. The standard InChI is InChI=1S/C16H13NO7/c1-23-14-4-2-10(8-18)6-12(14)9-24-15-5-3-11(16(19)20)7-13(15)17(21)22/h2-8H,9H2,1H3,(H,19,20). The highest BCUT2D eigenvalue weighted by Gasteiger charge is 2.19. The molecular formula is C16H13NO7. The van der Waals surface area contributed by atoms with Gasteiger partial charge in [0, 0.05) is 17.2 Å². The fraction of sp³-hybridized carbons (Fsp3) is 0.125. The number of nitro benzene ring substituents is 1. The Labute approximate surface area is 136 Å². The molecule has 0 saturated carbocycles. The molecule has 0 radical (unpaired) electrons. The lowest BCUT2D eigenvalue weighted by Gasteiger charge is -2.11. The fourth-order valence-corrected chi connectivity index (χ4v) is 2.06. The van der Waals surface area contributed by atoms with Crippen molar-refractivity contribution in [3.63, 3.8) is 0 Å². The van der Waals surface area contributed by atoms with Gasteiger partial charge in [-0.05, 0) is 30.3 Å². The number of nitro groups is 1. The molecule has 124 valence electrons. The number of hydrogen-bond donors (Lipinski definition) is 1. The molecule has 0 saturated heterocycles. The largest absolute Gasteiger partial charge is 0.496 e. The van der Waals surface area contributed by atoms with Crippen molar-refractivity contribution in [3.8, 4) is 11.5 Å². The Kier molecular flexibility index (Phi) is 5.10. The van der Waals surface area contributed by atoms with Crippen molar-refractivity contribution in [2.24, 2.45) is 0 Å². The fourth-order valence-electron chi connectivity index (χ4n) is 2.06. The summed E-state index contributed by atoms with van der Waals surface area (Å²) >= 11 is 0. The molecule has 0 unspecified atom stereocenters. The van der Waals surface area contributed by atoms with E-state index < -0.39 is 16.6 Å². The summed E-state index contributed by atoms with van der Waals surface area (Å²) in [6.07, 6.45) is 0.660. The predicted octanol–water partition coefficient (Wildman–Crippen LogP) is 2.69. The van der Waals surface area contributed by atoms with Crippen LogP contribution in [0.25, 0.3) is 0 Å². The lowest BCUT2D eigenvalue weighted by atomic mass is 10.1. The van der Waals surface area contributed by atoms with Gasteiger partial charge in [0.2, 0.25) is 0 Å². The van der Waals surface area contributed by atoms with Crippen LogP contribution in [0.15, 0.2) is 36.4 Å². The second-order valence-corrected chi connectivity index (χ2v) is 4.72. The van der Waals surface area contributed by atoms with Gasteiger partial charge >= 0.3 is 11.7 Å². The molecule has 0 heterocycles. The van der Waals surface area contributed by atoms with E-state index >= 15 is 0 Å². The molecule has 0 amide bonds. The van der Waals surface area contributed by atoms with Crippen molar-refractivity contribution in [2.75, 3.05) is 7.11 Å². The second kappa shape index (κ2) is 7.23. The summed E-state index contributed by atoms with van der Waals surface area (Å²) in [5, 5.41) is 20.0. The minimum Gasteiger partial charge on any atom is -0.496 e. The Hall–Kier alpha value is -3.42. The summed E-state index contributed by atoms with van der Waals surface area (Å²) in [5.74, 6) is -0.890. The average Bonchev–Trinajstić information content (AvgIpc) is 2.59. The zero-order chi connectivity index (χ0) is 17.7. The number of aromatic carboxylic acids is 1. The highest BCUT2D eigenvalue weighted by atomic mass is 16.6. The molecule has 0 aromatic heterocycles. The third-order valence-corrected chi connectivity index (χ3v) is 3.23. The maximum Gasteiger partial charge on any atom is 0.335 e. The average molecular weight is 331 g/mol. The van der Waals surface area contributed by atoms with E-state index in [9.17, 15) is 19.7 Å². The molecule has 0 atom stereocenters. The summed E-state index contributed by atoms with van der Waals surface area (Å²) in [6.45, 7) is -0.0852. The van der Waals surface area contributed by atoms with Crippen LogP contribution in [0.1, 0.15) is 26.3 Å². The number of hydrogen-bond acceptors (Lipinski definition) is 6. The molecular weight excluding hydrogens is 318 g/mol. The molecule has 8 nitrogen and oxygen atoms in total. The molecule has 0 aliphatic heterocycles. The first kappa shape index (κ1) is 16.9. The van der Waals surface area contributed by atoms with Crippen LogP contribution >= 0.6 is 0 Å². The summed E-state index contributed by atoms with van der Waals surface area (Å²) in [6, 6.07) is 8.06. The van der Waals surface area contributed by atoms with E-state index in [4.69, 9.17) is 14.6 Å². The molecule has 1 N–H and O–H groups in total. The molecule has 0 aliphatic carbocycles. The van der Waals surface area contributed by atoms with Gasteiger partial charge < -0.3 is 14.6 Å². The first-order valence-electron chi connectivity index (χ1n) is 6.73. The van der Waals surface area contributed by atoms with Crippen molar-refractivity contribution < 1.29 is 29.1 Å². The van der Waals surface area contributed by atoms with Gasteiger partial charge in [0.05, 0.1) is 17.6 Å². The molecule has 0 spiro atoms. The predicted molar refractivity (Wildman–Crippen MR) is 82.8 cm³/mol. The Morgan fingerprint density at radius 1 is 1.25 bits per heavy atom. The van der Waals surface area contributed by atoms with E-state index in [2.05, 4.69) is 0 Å². The lowest BCUT2D eigenvalue weighted by molar-refractivity contribution is -0.386. The Morgan fingerprint density at radius 2 is 1.96 bits per heavy atom. The first-order valence-corrected chi connectivity index (χ1v) is 6.73. The van der Waals surface area contributed by atoms with Crippen LogP contribution in [0.4, 0.5) is 5.69 Å². The number of carbonyl (C=O) groups excluding carboxylic acids is 1. The minimum absolute atomic E-state index is 0.0800. The van der Waals surface area contributed by atoms with Gasteiger partial charge in [-0.15, -0.1) is 0 Å². The number of carboxylic acid groups (broad SMARTS) is 1. The van der Waals surface area contributed by atoms with Gasteiger partial charge in [-0.25, -0.2) is 4.79 Å². The molecule has 0 fully saturated rings. The number of aldehydes is 1. The SMILES string of the molecule is COc1ccc(C=O)cc1COc1ccc(C(=O)O)cc1[N+](=O)[O-]. The van der Waals surface area contributed by atoms with Crippen molar-refractivity contribution >= 4 is 17.9 Å². The van der Waals surface area contributed by atoms with Crippen LogP contribution in [0, 0.1) is 10.1 Å². The molecule has 0 bridgehead atoms. The van der Waals surface area contributed by atoms with Crippen LogP contribution in [-0.2, 0) is 6.61 Å². The normalized spacial score (nSPS) is 10.0. The molecule has 24 heavy (non-hydrogen) atoms. The van der Waals surface area contributed by atoms with E-state index in [1.54, 1.807) is 18.2 Å². The van der Waals surface area contributed by atoms with Gasteiger partial charge in [0.1, 0.15) is 18.6 Å². The van der Waals surface area contributed by atoms with Crippen LogP contribution < -0.4 is 9.47 Å². The second-order valence-electron chi connectivity index (χ2n) is 4.72. The van der Waals surface area contributed by atoms with Crippen LogP contribution in [0.3, 0.4) is 0 Å². The van der Waals surface area contributed by atoms with E-state index in [0.717, 1.165) is 6.07 Å². The Bertz CT molecular complexity index is 801. The van der Waals surface area contributed by atoms with Crippen molar-refractivity contribution in [3.05, 3.63) is 63.2 Å². The van der Waals surface area contributed by atoms with Crippen molar-refractivity contribution in [1.29, 1.82) is 0 Å². The number of nitrogens with zero attached hydrogens (tertiary/aromatic N) is 1. The lowest BCUT2D eigenvalue weighted by Crippen LogP contribution is -2.04. The highest BCUT2D eigenvalue weighted by molar-refractivity contribution is 5.88. The summed E-state index contributed by atoms with van der Waals surface area (Å²) in [4.78, 5) is 32.1. The van der Waals surface area contributed by atoms with Gasteiger partial charge in [0.15, 0.2) is 5.75 Å². The summed E-state index contributed by atoms with van der Waals surface area (Å²) in [7, 11) is 1.45. The van der Waals surface area contributed by atoms with E-state index in [1.807, 2.05) is 0 Å². The smallest absolute Gasteiger partial charge is 0.335 e. The minimum atomic E-state index is -1.27. The van der Waals surface area contributed by atoms with Crippen molar-refractivity contribution in [2.45, 2.75) is 6.61 Å². The van der Waals surface area contributed by atoms with Crippen LogP contribution in [-0.4, -0.2) is 29.4 Å². The van der Waals surface area contributed by atoms with E-state index in [-0.39, 0.29) is 17.9 Å². The number of ether oxygens (including phenoxy) is 2. The molecule has 2 aromatic rings. The van der Waals surface area contributed by atoms with E-state index in [1.165, 1.54) is 19.2 Å². The number of methoxy groups -OCH3 is 1. The summed E-state index contributed by atoms with van der Waals surface area (Å²) < 4.78 is 10.6.